The summed E-state index contributed by atoms with van der Waals surface area (Å²) in [6.07, 6.45) is 1.26. The van der Waals surface area contributed by atoms with E-state index >= 15 is 4.79 Å². The lowest BCUT2D eigenvalue weighted by molar-refractivity contribution is -0.150. The standard InChI is InChI=1S/C36H57N7O6S/c1-21(2)26(37)32(47)42-28(35(4,5)6)31(39-16-18-44)41-29(36(7,8)9)34(48)43(24(20-25(45)49-10)33-40-17-19-50-33)27(30(38)46)22(3)23-14-12-11-13-15-23/h11-15,17,19,21-22,24,26-29,44H,16,18,20,37H2,1-10H3,(H2,38,46)(H,39,41)(H,42,47)/t22-,24+,26-,27-,28+,29+/m0/s1. The Morgan fingerprint density at radius 3 is 2.12 bits per heavy atom. The van der Waals surface area contributed by atoms with Gasteiger partial charge < -0.3 is 36.8 Å². The molecule has 1 aromatic carbocycles. The number of aliphatic imine (C=N–C) groups is 1. The second-order valence-corrected chi connectivity index (χ2v) is 15.9. The number of esters is 1. The molecule has 6 atom stereocenters. The predicted molar refractivity (Wildman–Crippen MR) is 196 cm³/mol. The Hall–Kier alpha value is -3.88. The normalized spacial score (nSPS) is 16.1. The van der Waals surface area contributed by atoms with Crippen LogP contribution in [0.4, 0.5) is 0 Å². The minimum Gasteiger partial charge on any atom is -0.469 e. The van der Waals surface area contributed by atoms with Gasteiger partial charge >= 0.3 is 5.97 Å². The molecule has 0 fully saturated rings. The SMILES string of the molecule is COC(=O)C[C@H](c1nccs1)N(C(=O)[C@@H](N=C(NCCO)[C@@H](NC(=O)[C@@H](N)C(C)C)C(C)(C)C)C(C)(C)C)[C@H](C(N)=O)[C@@H](C)c1ccccc1. The van der Waals surface area contributed by atoms with E-state index in [0.29, 0.717) is 5.01 Å². The van der Waals surface area contributed by atoms with Gasteiger partial charge in [-0.2, -0.15) is 0 Å². The number of amides is 3. The van der Waals surface area contributed by atoms with Gasteiger partial charge in [0.05, 0.1) is 38.3 Å². The molecule has 50 heavy (non-hydrogen) atoms. The summed E-state index contributed by atoms with van der Waals surface area (Å²) in [7, 11) is 1.25. The van der Waals surface area contributed by atoms with Crippen LogP contribution in [0, 0.1) is 16.7 Å². The Morgan fingerprint density at radius 1 is 1.04 bits per heavy atom. The molecule has 1 heterocycles. The Balaban J connectivity index is 2.95. The van der Waals surface area contributed by atoms with Gasteiger partial charge in [0.1, 0.15) is 22.9 Å². The van der Waals surface area contributed by atoms with Crippen LogP contribution in [-0.4, -0.2) is 88.9 Å². The number of carbonyl (C=O) groups is 4. The maximum Gasteiger partial charge on any atom is 0.308 e. The van der Waals surface area contributed by atoms with Crippen LogP contribution >= 0.6 is 11.3 Å². The summed E-state index contributed by atoms with van der Waals surface area (Å²) in [5.41, 5.74) is 11.6. The summed E-state index contributed by atoms with van der Waals surface area (Å²) < 4.78 is 5.04. The van der Waals surface area contributed by atoms with E-state index in [0.717, 1.165) is 5.56 Å². The fraction of sp³-hybridized carbons (Fsp3) is 0.611. The average molecular weight is 716 g/mol. The van der Waals surface area contributed by atoms with Crippen molar-refractivity contribution >= 4 is 40.9 Å². The molecule has 14 heteroatoms. The second-order valence-electron chi connectivity index (χ2n) is 15.0. The van der Waals surface area contributed by atoms with Crippen LogP contribution in [-0.2, 0) is 23.9 Å². The second kappa shape index (κ2) is 18.4. The van der Waals surface area contributed by atoms with Gasteiger partial charge in [-0.25, -0.2) is 4.98 Å². The van der Waals surface area contributed by atoms with Crippen molar-refractivity contribution in [3.63, 3.8) is 0 Å². The van der Waals surface area contributed by atoms with E-state index in [1.165, 1.54) is 23.3 Å². The summed E-state index contributed by atoms with van der Waals surface area (Å²) >= 11 is 1.23. The maximum absolute atomic E-state index is 15.3. The number of hydrogen-bond acceptors (Lipinski definition) is 10. The number of hydrogen-bond donors (Lipinski definition) is 5. The van der Waals surface area contributed by atoms with Crippen LogP contribution in [0.15, 0.2) is 46.9 Å². The molecule has 0 unspecified atom stereocenters. The molecule has 0 bridgehead atoms. The van der Waals surface area contributed by atoms with Crippen molar-refractivity contribution in [1.82, 2.24) is 20.5 Å². The summed E-state index contributed by atoms with van der Waals surface area (Å²) in [6, 6.07) is 4.17. The van der Waals surface area contributed by atoms with Crippen LogP contribution in [0.25, 0.3) is 0 Å². The zero-order valence-electron chi connectivity index (χ0n) is 31.1. The first-order chi connectivity index (χ1) is 23.3. The molecule has 0 aliphatic rings. The molecule has 2 rings (SSSR count). The minimum atomic E-state index is -1.24. The molecular weight excluding hydrogens is 659 g/mol. The Bertz CT molecular complexity index is 1440. The zero-order valence-corrected chi connectivity index (χ0v) is 31.9. The van der Waals surface area contributed by atoms with Gasteiger partial charge in [-0.3, -0.25) is 24.2 Å². The van der Waals surface area contributed by atoms with Gasteiger partial charge in [0.2, 0.25) is 17.7 Å². The van der Waals surface area contributed by atoms with Crippen LogP contribution in [0.3, 0.4) is 0 Å². The number of aliphatic hydroxyl groups is 1. The van der Waals surface area contributed by atoms with Crippen molar-refractivity contribution in [1.29, 1.82) is 0 Å². The highest BCUT2D eigenvalue weighted by atomic mass is 32.1. The summed E-state index contributed by atoms with van der Waals surface area (Å²) in [6.45, 7) is 16.5. The first-order valence-electron chi connectivity index (χ1n) is 16.9. The molecule has 13 nitrogen and oxygen atoms in total. The van der Waals surface area contributed by atoms with Gasteiger partial charge in [0.25, 0.3) is 0 Å². The van der Waals surface area contributed by atoms with Crippen molar-refractivity contribution in [3.8, 4) is 0 Å². The van der Waals surface area contributed by atoms with Crippen LogP contribution < -0.4 is 22.1 Å². The molecular formula is C36H57N7O6S. The van der Waals surface area contributed by atoms with E-state index in [4.69, 9.17) is 21.2 Å². The molecule has 0 aliphatic heterocycles. The number of thiazole rings is 1. The van der Waals surface area contributed by atoms with Gasteiger partial charge in [0, 0.05) is 24.0 Å². The third-order valence-electron chi connectivity index (χ3n) is 8.49. The first kappa shape index (κ1) is 42.3. The van der Waals surface area contributed by atoms with E-state index < -0.39 is 70.6 Å². The van der Waals surface area contributed by atoms with Crippen molar-refractivity contribution in [2.75, 3.05) is 20.3 Å². The number of aromatic nitrogens is 1. The van der Waals surface area contributed by atoms with E-state index in [9.17, 15) is 19.5 Å². The number of amidine groups is 1. The topological polar surface area (TPSA) is 202 Å². The van der Waals surface area contributed by atoms with E-state index in [1.807, 2.05) is 85.7 Å². The highest BCUT2D eigenvalue weighted by Gasteiger charge is 2.46. The molecule has 3 amide bonds. The van der Waals surface area contributed by atoms with Gasteiger partial charge in [-0.1, -0.05) is 92.6 Å². The highest BCUT2D eigenvalue weighted by Crippen LogP contribution is 2.37. The number of methoxy groups -OCH3 is 1. The molecule has 0 aliphatic carbocycles. The monoisotopic (exact) mass is 715 g/mol. The number of ether oxygens (including phenoxy) is 1. The fourth-order valence-corrected chi connectivity index (χ4v) is 6.27. The third kappa shape index (κ3) is 11.3. The summed E-state index contributed by atoms with van der Waals surface area (Å²) in [5.74, 6) is -2.88. The van der Waals surface area contributed by atoms with Crippen LogP contribution in [0.2, 0.25) is 0 Å². The molecule has 2 aromatic rings. The molecule has 0 radical (unpaired) electrons. The third-order valence-corrected chi connectivity index (χ3v) is 9.37. The fourth-order valence-electron chi connectivity index (χ4n) is 5.53. The number of benzene rings is 1. The zero-order chi connectivity index (χ0) is 38.0. The van der Waals surface area contributed by atoms with Crippen molar-refractivity contribution < 1.29 is 29.0 Å². The van der Waals surface area contributed by atoms with E-state index in [1.54, 1.807) is 18.5 Å². The van der Waals surface area contributed by atoms with Gasteiger partial charge in [0.15, 0.2) is 0 Å². The summed E-state index contributed by atoms with van der Waals surface area (Å²) in [5, 5.41) is 18.1. The number of aliphatic hydroxyl groups excluding tert-OH is 1. The molecule has 1 aromatic heterocycles. The first-order valence-corrected chi connectivity index (χ1v) is 17.7. The van der Waals surface area contributed by atoms with Gasteiger partial charge in [-0.15, -0.1) is 11.3 Å². The lowest BCUT2D eigenvalue weighted by atomic mass is 9.82. The number of nitrogens with one attached hydrogen (secondary N) is 2. The van der Waals surface area contributed by atoms with Crippen molar-refractivity contribution in [3.05, 3.63) is 52.5 Å². The lowest BCUT2D eigenvalue weighted by Crippen LogP contribution is -2.59. The Labute approximate surface area is 300 Å². The van der Waals surface area contributed by atoms with Crippen LogP contribution in [0.5, 0.6) is 0 Å². The molecule has 0 spiro atoms. The molecule has 0 saturated heterocycles. The van der Waals surface area contributed by atoms with E-state index in [-0.39, 0.29) is 31.3 Å². The summed E-state index contributed by atoms with van der Waals surface area (Å²) in [4.78, 5) is 66.0. The number of nitrogens with two attached hydrogens (primary N) is 2. The quantitative estimate of drug-likeness (QED) is 0.0983. The number of nitrogens with zero attached hydrogens (tertiary/aromatic N) is 3. The molecule has 7 N–H and O–H groups in total. The van der Waals surface area contributed by atoms with Crippen LogP contribution in [0.1, 0.15) is 91.3 Å². The van der Waals surface area contributed by atoms with Crippen molar-refractivity contribution in [2.45, 2.75) is 105 Å². The number of rotatable bonds is 16. The van der Waals surface area contributed by atoms with E-state index in [2.05, 4.69) is 15.6 Å². The number of primary amides is 1. The Kier molecular flexibility index (Phi) is 15.5. The molecule has 0 saturated carbocycles. The highest BCUT2D eigenvalue weighted by molar-refractivity contribution is 7.09. The molecule has 278 valence electrons. The maximum atomic E-state index is 15.3. The minimum absolute atomic E-state index is 0.0747. The largest absolute Gasteiger partial charge is 0.469 e. The Morgan fingerprint density at radius 2 is 1.66 bits per heavy atom. The average Bonchev–Trinajstić information content (AvgIpc) is 3.58. The lowest BCUT2D eigenvalue weighted by Gasteiger charge is -2.42. The number of carbonyl (C=O) groups excluding carboxylic acids is 4. The van der Waals surface area contributed by atoms with Gasteiger partial charge in [-0.05, 0) is 22.3 Å². The predicted octanol–water partition coefficient (Wildman–Crippen LogP) is 3.14. The van der Waals surface area contributed by atoms with Crippen molar-refractivity contribution in [2.24, 2.45) is 33.2 Å². The smallest absolute Gasteiger partial charge is 0.308 e.